The quantitative estimate of drug-likeness (QED) is 0.846. The number of hydrogen-bond acceptors (Lipinski definition) is 1. The number of rotatable bonds is 2. The van der Waals surface area contributed by atoms with Crippen molar-refractivity contribution in [1.29, 1.82) is 0 Å². The molecule has 2 aromatic rings. The van der Waals surface area contributed by atoms with E-state index in [1.165, 1.54) is 11.1 Å². The minimum atomic E-state index is -0.153. The first-order valence-electron chi connectivity index (χ1n) is 5.76. The van der Waals surface area contributed by atoms with Crippen molar-refractivity contribution in [3.05, 3.63) is 68.1 Å². The maximum Gasteiger partial charge on any atom is 0.0552 e. The van der Waals surface area contributed by atoms with Gasteiger partial charge in [-0.25, -0.2) is 0 Å². The van der Waals surface area contributed by atoms with Crippen LogP contribution in [0.4, 0.5) is 0 Å². The second kappa shape index (κ2) is 5.43. The molecule has 0 aromatic heterocycles. The molecule has 0 aliphatic rings. The molecule has 0 saturated heterocycles. The number of nitrogens with two attached hydrogens (primary N) is 1. The lowest BCUT2D eigenvalue weighted by molar-refractivity contribution is 0.868. The third-order valence-corrected chi connectivity index (χ3v) is 3.81. The van der Waals surface area contributed by atoms with Gasteiger partial charge in [0, 0.05) is 9.50 Å². The molecule has 1 nitrogen and oxygen atoms in total. The summed E-state index contributed by atoms with van der Waals surface area (Å²) in [5, 5.41) is 0.693. The number of aryl methyl sites for hydroxylation is 2. The molecule has 0 amide bonds. The molecule has 2 aromatic carbocycles. The van der Waals surface area contributed by atoms with Gasteiger partial charge in [0.05, 0.1) is 6.04 Å². The molecule has 0 saturated carbocycles. The van der Waals surface area contributed by atoms with E-state index >= 15 is 0 Å². The summed E-state index contributed by atoms with van der Waals surface area (Å²) >= 11 is 9.49. The molecule has 0 bridgehead atoms. The summed E-state index contributed by atoms with van der Waals surface area (Å²) in [6, 6.07) is 11.9. The molecule has 0 aliphatic heterocycles. The van der Waals surface area contributed by atoms with Gasteiger partial charge in [0.15, 0.2) is 0 Å². The van der Waals surface area contributed by atoms with E-state index in [0.717, 1.165) is 15.6 Å². The molecule has 0 heterocycles. The zero-order chi connectivity index (χ0) is 13.3. The Morgan fingerprint density at radius 3 is 2.33 bits per heavy atom. The fourth-order valence-electron chi connectivity index (χ4n) is 1.91. The molecular weight excluding hydrogens is 310 g/mol. The smallest absolute Gasteiger partial charge is 0.0552 e. The van der Waals surface area contributed by atoms with Gasteiger partial charge < -0.3 is 5.73 Å². The van der Waals surface area contributed by atoms with Gasteiger partial charge in [-0.2, -0.15) is 0 Å². The lowest BCUT2D eigenvalue weighted by Gasteiger charge is -2.15. The van der Waals surface area contributed by atoms with Crippen molar-refractivity contribution >= 4 is 27.5 Å². The van der Waals surface area contributed by atoms with Crippen LogP contribution in [0.2, 0.25) is 5.02 Å². The van der Waals surface area contributed by atoms with Crippen LogP contribution >= 0.6 is 27.5 Å². The Bertz CT molecular complexity index is 560. The third-order valence-electron chi connectivity index (χ3n) is 3.13. The maximum absolute atomic E-state index is 6.29. The molecule has 3 heteroatoms. The van der Waals surface area contributed by atoms with E-state index in [0.29, 0.717) is 5.02 Å². The highest BCUT2D eigenvalue weighted by atomic mass is 79.9. The van der Waals surface area contributed by atoms with Crippen molar-refractivity contribution < 1.29 is 0 Å². The van der Waals surface area contributed by atoms with Gasteiger partial charge in [-0.1, -0.05) is 45.7 Å². The summed E-state index contributed by atoms with van der Waals surface area (Å²) in [6.07, 6.45) is 0. The van der Waals surface area contributed by atoms with Crippen LogP contribution < -0.4 is 5.73 Å². The molecule has 0 spiro atoms. The molecule has 1 unspecified atom stereocenters. The van der Waals surface area contributed by atoms with Crippen molar-refractivity contribution in [2.24, 2.45) is 5.73 Å². The summed E-state index contributed by atoms with van der Waals surface area (Å²) in [5.41, 5.74) is 10.9. The number of hydrogen-bond donors (Lipinski definition) is 1. The first-order valence-corrected chi connectivity index (χ1v) is 6.93. The van der Waals surface area contributed by atoms with Gasteiger partial charge in [0.1, 0.15) is 0 Å². The monoisotopic (exact) mass is 323 g/mol. The van der Waals surface area contributed by atoms with Gasteiger partial charge in [-0.3, -0.25) is 0 Å². The highest BCUT2D eigenvalue weighted by Gasteiger charge is 2.11. The van der Waals surface area contributed by atoms with Crippen molar-refractivity contribution in [3.63, 3.8) is 0 Å². The lowest BCUT2D eigenvalue weighted by atomic mass is 9.96. The first kappa shape index (κ1) is 13.6. The van der Waals surface area contributed by atoms with Gasteiger partial charge in [0.25, 0.3) is 0 Å². The molecule has 2 rings (SSSR count). The molecule has 1 atom stereocenters. The minimum absolute atomic E-state index is 0.153. The van der Waals surface area contributed by atoms with Gasteiger partial charge >= 0.3 is 0 Å². The zero-order valence-corrected chi connectivity index (χ0v) is 12.7. The average Bonchev–Trinajstić information content (AvgIpc) is 2.30. The highest BCUT2D eigenvalue weighted by molar-refractivity contribution is 9.10. The Morgan fingerprint density at radius 1 is 1.00 bits per heavy atom. The Kier molecular flexibility index (Phi) is 4.10. The van der Waals surface area contributed by atoms with Gasteiger partial charge in [-0.05, 0) is 54.3 Å². The number of benzene rings is 2. The van der Waals surface area contributed by atoms with Crippen LogP contribution in [0.1, 0.15) is 28.3 Å². The Morgan fingerprint density at radius 2 is 1.72 bits per heavy atom. The predicted octanol–water partition coefficient (Wildman–Crippen LogP) is 4.77. The SMILES string of the molecule is Cc1ccc(C(N)c2cc(Cl)cc(Br)c2)cc1C. The number of halogens is 2. The fourth-order valence-corrected chi connectivity index (χ4v) is 2.79. The van der Waals surface area contributed by atoms with E-state index in [1.54, 1.807) is 0 Å². The van der Waals surface area contributed by atoms with Crippen LogP contribution in [-0.2, 0) is 0 Å². The van der Waals surface area contributed by atoms with Crippen molar-refractivity contribution in [3.8, 4) is 0 Å². The standard InChI is InChI=1S/C15H15BrClN/c1-9-3-4-11(5-10(9)2)15(18)12-6-13(16)8-14(17)7-12/h3-8,15H,18H2,1-2H3. The second-order valence-electron chi connectivity index (χ2n) is 4.52. The largest absolute Gasteiger partial charge is 0.320 e. The zero-order valence-electron chi connectivity index (χ0n) is 10.4. The van der Waals surface area contributed by atoms with Gasteiger partial charge in [-0.15, -0.1) is 0 Å². The third kappa shape index (κ3) is 2.94. The van der Waals surface area contributed by atoms with E-state index in [2.05, 4.69) is 48.0 Å². The van der Waals surface area contributed by atoms with Crippen molar-refractivity contribution in [1.82, 2.24) is 0 Å². The average molecular weight is 325 g/mol. The molecule has 2 N–H and O–H groups in total. The summed E-state index contributed by atoms with van der Waals surface area (Å²) in [5.74, 6) is 0. The van der Waals surface area contributed by atoms with E-state index in [9.17, 15) is 0 Å². The highest BCUT2D eigenvalue weighted by Crippen LogP contribution is 2.27. The van der Waals surface area contributed by atoms with E-state index in [1.807, 2.05) is 18.2 Å². The molecule has 0 radical (unpaired) electrons. The van der Waals surface area contributed by atoms with Crippen LogP contribution in [0.3, 0.4) is 0 Å². The van der Waals surface area contributed by atoms with Crippen LogP contribution in [0.15, 0.2) is 40.9 Å². The Balaban J connectivity index is 2.40. The van der Waals surface area contributed by atoms with E-state index in [-0.39, 0.29) is 6.04 Å². The van der Waals surface area contributed by atoms with Crippen molar-refractivity contribution in [2.45, 2.75) is 19.9 Å². The molecule has 94 valence electrons. The minimum Gasteiger partial charge on any atom is -0.320 e. The fraction of sp³-hybridized carbons (Fsp3) is 0.200. The maximum atomic E-state index is 6.29. The molecular formula is C15H15BrClN. The lowest BCUT2D eigenvalue weighted by Crippen LogP contribution is -2.12. The summed E-state index contributed by atoms with van der Waals surface area (Å²) in [6.45, 7) is 4.19. The van der Waals surface area contributed by atoms with Crippen LogP contribution in [0.5, 0.6) is 0 Å². The summed E-state index contributed by atoms with van der Waals surface area (Å²) < 4.78 is 0.948. The Hall–Kier alpha value is -0.830. The molecule has 0 fully saturated rings. The molecule has 0 aliphatic carbocycles. The predicted molar refractivity (Wildman–Crippen MR) is 81.1 cm³/mol. The van der Waals surface area contributed by atoms with E-state index < -0.39 is 0 Å². The normalized spacial score (nSPS) is 12.5. The van der Waals surface area contributed by atoms with E-state index in [4.69, 9.17) is 17.3 Å². The topological polar surface area (TPSA) is 26.0 Å². The Labute approximate surface area is 121 Å². The van der Waals surface area contributed by atoms with Crippen LogP contribution in [0, 0.1) is 13.8 Å². The summed E-state index contributed by atoms with van der Waals surface area (Å²) in [4.78, 5) is 0. The van der Waals surface area contributed by atoms with Crippen LogP contribution in [0.25, 0.3) is 0 Å². The first-order chi connectivity index (χ1) is 8.47. The second-order valence-corrected chi connectivity index (χ2v) is 5.88. The van der Waals surface area contributed by atoms with Crippen LogP contribution in [-0.4, -0.2) is 0 Å². The van der Waals surface area contributed by atoms with Crippen molar-refractivity contribution in [2.75, 3.05) is 0 Å². The van der Waals surface area contributed by atoms with Gasteiger partial charge in [0.2, 0.25) is 0 Å². The molecule has 18 heavy (non-hydrogen) atoms. The summed E-state index contributed by atoms with van der Waals surface area (Å²) in [7, 11) is 0.